The van der Waals surface area contributed by atoms with E-state index in [0.717, 1.165) is 37.7 Å². The largest absolute Gasteiger partial charge is 0.397 e. The molecule has 0 heterocycles. The summed E-state index contributed by atoms with van der Waals surface area (Å²) in [7, 11) is 0. The van der Waals surface area contributed by atoms with E-state index in [1.165, 1.54) is 0 Å². The fourth-order valence-electron chi connectivity index (χ4n) is 1.74. The van der Waals surface area contributed by atoms with Crippen molar-refractivity contribution in [2.75, 3.05) is 11.1 Å². The third kappa shape index (κ3) is 2.62. The third-order valence-corrected chi connectivity index (χ3v) is 3.88. The molecule has 18 heavy (non-hydrogen) atoms. The minimum Gasteiger partial charge on any atom is -0.397 e. The molecule has 0 aliphatic carbocycles. The molecule has 0 atom stereocenters. The van der Waals surface area contributed by atoms with Crippen molar-refractivity contribution < 1.29 is 0 Å². The average molecular weight is 326 g/mol. The standard InChI is InChI=1S/C14H14BrClN2/c1-8-4-3-5-12(17)14(8)18-13-7-11(16)9(2)6-10(13)15/h3-7,18H,17H2,1-2H3. The lowest BCUT2D eigenvalue weighted by molar-refractivity contribution is 1.40. The molecule has 0 aliphatic heterocycles. The van der Waals surface area contributed by atoms with Gasteiger partial charge in [-0.1, -0.05) is 23.7 Å². The molecule has 94 valence electrons. The second-order valence-corrected chi connectivity index (χ2v) is 5.51. The first kappa shape index (κ1) is 13.2. The quantitative estimate of drug-likeness (QED) is 0.759. The number of benzene rings is 2. The molecule has 0 bridgehead atoms. The van der Waals surface area contributed by atoms with Crippen LogP contribution in [-0.2, 0) is 0 Å². The van der Waals surface area contributed by atoms with Gasteiger partial charge in [0.05, 0.1) is 17.1 Å². The van der Waals surface area contributed by atoms with Gasteiger partial charge >= 0.3 is 0 Å². The smallest absolute Gasteiger partial charge is 0.0647 e. The van der Waals surface area contributed by atoms with Gasteiger partial charge in [0.2, 0.25) is 0 Å². The number of anilines is 3. The Morgan fingerprint density at radius 2 is 1.89 bits per heavy atom. The van der Waals surface area contributed by atoms with Crippen molar-refractivity contribution in [3.63, 3.8) is 0 Å². The Morgan fingerprint density at radius 3 is 2.56 bits per heavy atom. The second kappa shape index (κ2) is 5.21. The van der Waals surface area contributed by atoms with Crippen LogP contribution in [0.3, 0.4) is 0 Å². The summed E-state index contributed by atoms with van der Waals surface area (Å²) in [5, 5.41) is 4.05. The molecule has 4 heteroatoms. The zero-order valence-corrected chi connectivity index (χ0v) is 12.6. The number of hydrogen-bond donors (Lipinski definition) is 2. The van der Waals surface area contributed by atoms with Crippen LogP contribution in [0.15, 0.2) is 34.8 Å². The van der Waals surface area contributed by atoms with Crippen LogP contribution in [0.2, 0.25) is 5.02 Å². The van der Waals surface area contributed by atoms with Crippen LogP contribution < -0.4 is 11.1 Å². The number of nitrogens with one attached hydrogen (secondary N) is 1. The first-order valence-corrected chi connectivity index (χ1v) is 6.74. The van der Waals surface area contributed by atoms with Crippen molar-refractivity contribution >= 4 is 44.6 Å². The van der Waals surface area contributed by atoms with Gasteiger partial charge in [-0.3, -0.25) is 0 Å². The summed E-state index contributed by atoms with van der Waals surface area (Å²) < 4.78 is 0.965. The maximum atomic E-state index is 6.14. The Balaban J connectivity index is 2.43. The molecule has 0 aromatic heterocycles. The maximum Gasteiger partial charge on any atom is 0.0647 e. The lowest BCUT2D eigenvalue weighted by Gasteiger charge is -2.14. The molecule has 0 saturated heterocycles. The summed E-state index contributed by atoms with van der Waals surface area (Å²) in [5.74, 6) is 0. The molecule has 0 radical (unpaired) electrons. The molecule has 0 unspecified atom stereocenters. The van der Waals surface area contributed by atoms with E-state index in [-0.39, 0.29) is 0 Å². The van der Waals surface area contributed by atoms with Gasteiger partial charge in [0.1, 0.15) is 0 Å². The van der Waals surface area contributed by atoms with Crippen molar-refractivity contribution in [3.8, 4) is 0 Å². The van der Waals surface area contributed by atoms with Crippen molar-refractivity contribution in [2.24, 2.45) is 0 Å². The number of aryl methyl sites for hydroxylation is 2. The topological polar surface area (TPSA) is 38.0 Å². The second-order valence-electron chi connectivity index (χ2n) is 4.25. The molecule has 3 N–H and O–H groups in total. The monoisotopic (exact) mass is 324 g/mol. The summed E-state index contributed by atoms with van der Waals surface area (Å²) in [6.07, 6.45) is 0. The Morgan fingerprint density at radius 1 is 1.17 bits per heavy atom. The molecule has 0 aliphatic rings. The Bertz CT molecular complexity index is 576. The Labute approximate surface area is 120 Å². The van der Waals surface area contributed by atoms with Crippen LogP contribution in [0.1, 0.15) is 11.1 Å². The van der Waals surface area contributed by atoms with Gasteiger partial charge in [0.15, 0.2) is 0 Å². The maximum absolute atomic E-state index is 6.14. The molecule has 2 rings (SSSR count). The number of nitrogens with two attached hydrogens (primary N) is 1. The van der Waals surface area contributed by atoms with E-state index in [9.17, 15) is 0 Å². The van der Waals surface area contributed by atoms with Crippen molar-refractivity contribution in [2.45, 2.75) is 13.8 Å². The van der Waals surface area contributed by atoms with E-state index in [1.54, 1.807) is 0 Å². The molecular formula is C14H14BrClN2. The van der Waals surface area contributed by atoms with Crippen LogP contribution >= 0.6 is 27.5 Å². The fourth-order valence-corrected chi connectivity index (χ4v) is 2.46. The summed E-state index contributed by atoms with van der Waals surface area (Å²) in [4.78, 5) is 0. The molecule has 2 aromatic carbocycles. The van der Waals surface area contributed by atoms with Gasteiger partial charge in [-0.15, -0.1) is 0 Å². The zero-order chi connectivity index (χ0) is 13.3. The van der Waals surface area contributed by atoms with Gasteiger partial charge in [0, 0.05) is 9.50 Å². The van der Waals surface area contributed by atoms with E-state index in [0.29, 0.717) is 0 Å². The number of rotatable bonds is 2. The molecule has 2 aromatic rings. The van der Waals surface area contributed by atoms with Crippen LogP contribution in [0.5, 0.6) is 0 Å². The number of para-hydroxylation sites is 1. The van der Waals surface area contributed by atoms with Crippen molar-refractivity contribution in [1.29, 1.82) is 0 Å². The number of nitrogen functional groups attached to an aromatic ring is 1. The molecular weight excluding hydrogens is 312 g/mol. The van der Waals surface area contributed by atoms with Crippen LogP contribution in [0, 0.1) is 13.8 Å². The summed E-state index contributed by atoms with van der Waals surface area (Å²) in [5.41, 5.74) is 10.7. The fraction of sp³-hybridized carbons (Fsp3) is 0.143. The first-order valence-electron chi connectivity index (χ1n) is 5.57. The highest BCUT2D eigenvalue weighted by Gasteiger charge is 2.08. The Kier molecular flexibility index (Phi) is 3.83. The van der Waals surface area contributed by atoms with E-state index in [2.05, 4.69) is 21.2 Å². The zero-order valence-electron chi connectivity index (χ0n) is 10.2. The number of halogens is 2. The summed E-state index contributed by atoms with van der Waals surface area (Å²) in [6.45, 7) is 3.99. The highest BCUT2D eigenvalue weighted by molar-refractivity contribution is 9.10. The molecule has 0 amide bonds. The minimum atomic E-state index is 0.721. The van der Waals surface area contributed by atoms with Gasteiger partial charge < -0.3 is 11.1 Å². The van der Waals surface area contributed by atoms with E-state index in [1.807, 2.05) is 44.2 Å². The molecule has 0 spiro atoms. The molecule has 2 nitrogen and oxygen atoms in total. The lowest BCUT2D eigenvalue weighted by Crippen LogP contribution is -1.99. The summed E-state index contributed by atoms with van der Waals surface area (Å²) in [6, 6.07) is 9.71. The highest BCUT2D eigenvalue weighted by Crippen LogP contribution is 2.34. The lowest BCUT2D eigenvalue weighted by atomic mass is 10.1. The third-order valence-electron chi connectivity index (χ3n) is 2.81. The van der Waals surface area contributed by atoms with Gasteiger partial charge in [0.25, 0.3) is 0 Å². The SMILES string of the molecule is Cc1cc(Br)c(Nc2c(C)cccc2N)cc1Cl. The van der Waals surface area contributed by atoms with E-state index in [4.69, 9.17) is 17.3 Å². The van der Waals surface area contributed by atoms with Crippen LogP contribution in [0.25, 0.3) is 0 Å². The van der Waals surface area contributed by atoms with Crippen LogP contribution in [-0.4, -0.2) is 0 Å². The minimum absolute atomic E-state index is 0.721. The number of hydrogen-bond acceptors (Lipinski definition) is 2. The Hall–Kier alpha value is -1.19. The predicted molar refractivity (Wildman–Crippen MR) is 82.8 cm³/mol. The van der Waals surface area contributed by atoms with E-state index < -0.39 is 0 Å². The first-order chi connectivity index (χ1) is 8.49. The molecule has 0 fully saturated rings. The van der Waals surface area contributed by atoms with Gasteiger partial charge in [-0.05, 0) is 59.1 Å². The van der Waals surface area contributed by atoms with Gasteiger partial charge in [-0.25, -0.2) is 0 Å². The van der Waals surface area contributed by atoms with Crippen LogP contribution in [0.4, 0.5) is 17.1 Å². The van der Waals surface area contributed by atoms with Gasteiger partial charge in [-0.2, -0.15) is 0 Å². The normalized spacial score (nSPS) is 10.4. The highest BCUT2D eigenvalue weighted by atomic mass is 79.9. The average Bonchev–Trinajstić information content (AvgIpc) is 2.30. The van der Waals surface area contributed by atoms with Crippen molar-refractivity contribution in [1.82, 2.24) is 0 Å². The predicted octanol–water partition coefficient (Wildman–Crippen LogP) is 5.05. The van der Waals surface area contributed by atoms with E-state index >= 15 is 0 Å². The summed E-state index contributed by atoms with van der Waals surface area (Å²) >= 11 is 9.67. The molecule has 0 saturated carbocycles. The van der Waals surface area contributed by atoms with Crippen molar-refractivity contribution in [3.05, 3.63) is 51.0 Å².